The van der Waals surface area contributed by atoms with Crippen LogP contribution in [-0.2, 0) is 4.79 Å². The Kier molecular flexibility index (Phi) is 13.7. The predicted octanol–water partition coefficient (Wildman–Crippen LogP) is 2.83. The van der Waals surface area contributed by atoms with Crippen LogP contribution in [0.2, 0.25) is 0 Å². The molecule has 1 fully saturated rings. The monoisotopic (exact) mass is 355 g/mol. The molecular weight excluding hydrogens is 321 g/mol. The zero-order valence-electron chi connectivity index (χ0n) is 14.4. The van der Waals surface area contributed by atoms with Crippen LogP contribution in [0.15, 0.2) is 0 Å². The second kappa shape index (κ2) is 12.4. The highest BCUT2D eigenvalue weighted by atomic mass is 35.5. The third-order valence-electron chi connectivity index (χ3n) is 5.22. The highest BCUT2D eigenvalue weighted by Crippen LogP contribution is 2.25. The maximum atomic E-state index is 12.3. The number of likely N-dealkylation sites (tertiary alicyclic amines) is 1. The van der Waals surface area contributed by atoms with Crippen molar-refractivity contribution in [1.82, 2.24) is 10.2 Å². The van der Waals surface area contributed by atoms with Crippen LogP contribution in [-0.4, -0.2) is 43.5 Å². The lowest BCUT2D eigenvalue weighted by Gasteiger charge is -2.32. The van der Waals surface area contributed by atoms with Crippen molar-refractivity contribution >= 4 is 30.7 Å². The average molecular weight is 356 g/mol. The molecule has 0 unspecified atom stereocenters. The molecule has 0 aromatic heterocycles. The standard InChI is InChI=1S/C16H33N3O.2ClH/c1-4-16(5-2,13-17)15(20)18-10-7-14-8-11-19(6-3)12-9-14;;/h14H,4-13,17H2,1-3H3,(H,18,20);2*1H. The number of hydrogen-bond acceptors (Lipinski definition) is 3. The van der Waals surface area contributed by atoms with E-state index in [-0.39, 0.29) is 36.1 Å². The van der Waals surface area contributed by atoms with Gasteiger partial charge in [-0.25, -0.2) is 0 Å². The number of nitrogens with two attached hydrogens (primary N) is 1. The Morgan fingerprint density at radius 2 is 1.73 bits per heavy atom. The third kappa shape index (κ3) is 6.61. The lowest BCUT2D eigenvalue weighted by Crippen LogP contribution is -2.46. The summed E-state index contributed by atoms with van der Waals surface area (Å²) in [7, 11) is 0. The molecule has 1 rings (SSSR count). The van der Waals surface area contributed by atoms with Crippen molar-refractivity contribution in [3.63, 3.8) is 0 Å². The molecule has 134 valence electrons. The molecule has 3 N–H and O–H groups in total. The van der Waals surface area contributed by atoms with E-state index in [2.05, 4.69) is 31.0 Å². The van der Waals surface area contributed by atoms with Gasteiger partial charge < -0.3 is 16.0 Å². The smallest absolute Gasteiger partial charge is 0.227 e. The SMILES string of the molecule is CCN1CCC(CCNC(=O)C(CC)(CC)CN)CC1.Cl.Cl. The largest absolute Gasteiger partial charge is 0.356 e. The van der Waals surface area contributed by atoms with E-state index in [4.69, 9.17) is 5.73 Å². The van der Waals surface area contributed by atoms with E-state index in [9.17, 15) is 4.79 Å². The van der Waals surface area contributed by atoms with Crippen LogP contribution in [0.5, 0.6) is 0 Å². The second-order valence-corrected chi connectivity index (χ2v) is 6.11. The summed E-state index contributed by atoms with van der Waals surface area (Å²) in [5.74, 6) is 0.921. The number of rotatable bonds is 8. The molecule has 1 aliphatic heterocycles. The molecule has 0 radical (unpaired) electrons. The molecular formula is C16H35Cl2N3O. The van der Waals surface area contributed by atoms with Crippen LogP contribution in [0.25, 0.3) is 0 Å². The summed E-state index contributed by atoms with van der Waals surface area (Å²) >= 11 is 0. The Hall–Kier alpha value is -0.0300. The van der Waals surface area contributed by atoms with Crippen molar-refractivity contribution in [3.8, 4) is 0 Å². The first-order chi connectivity index (χ1) is 9.61. The summed E-state index contributed by atoms with van der Waals surface area (Å²) in [6.45, 7) is 11.2. The number of hydrogen-bond donors (Lipinski definition) is 2. The fraction of sp³-hybridized carbons (Fsp3) is 0.938. The molecule has 6 heteroatoms. The molecule has 0 aliphatic carbocycles. The number of nitrogens with zero attached hydrogens (tertiary/aromatic N) is 1. The Bertz CT molecular complexity index is 283. The Labute approximate surface area is 148 Å². The van der Waals surface area contributed by atoms with Crippen LogP contribution in [0, 0.1) is 11.3 Å². The van der Waals surface area contributed by atoms with E-state index in [1.807, 2.05) is 0 Å². The molecule has 0 aromatic carbocycles. The molecule has 22 heavy (non-hydrogen) atoms. The van der Waals surface area contributed by atoms with Crippen LogP contribution >= 0.6 is 24.8 Å². The lowest BCUT2D eigenvalue weighted by atomic mass is 9.81. The van der Waals surface area contributed by atoms with Crippen LogP contribution in [0.1, 0.15) is 52.9 Å². The number of nitrogens with one attached hydrogen (secondary N) is 1. The Morgan fingerprint density at radius 3 is 2.14 bits per heavy atom. The van der Waals surface area contributed by atoms with Gasteiger partial charge in [-0.3, -0.25) is 4.79 Å². The fourth-order valence-electron chi connectivity index (χ4n) is 3.12. The van der Waals surface area contributed by atoms with Crippen LogP contribution in [0.4, 0.5) is 0 Å². The van der Waals surface area contributed by atoms with Crippen molar-refractivity contribution in [2.24, 2.45) is 17.1 Å². The molecule has 0 aromatic rings. The van der Waals surface area contributed by atoms with Gasteiger partial charge in [-0.15, -0.1) is 24.8 Å². The van der Waals surface area contributed by atoms with Gasteiger partial charge >= 0.3 is 0 Å². The zero-order chi connectivity index (χ0) is 15.0. The lowest BCUT2D eigenvalue weighted by molar-refractivity contribution is -0.131. The Morgan fingerprint density at radius 1 is 1.18 bits per heavy atom. The summed E-state index contributed by atoms with van der Waals surface area (Å²) in [6, 6.07) is 0. The number of carbonyl (C=O) groups excluding carboxylic acids is 1. The minimum Gasteiger partial charge on any atom is -0.356 e. The minimum absolute atomic E-state index is 0. The summed E-state index contributed by atoms with van der Waals surface area (Å²) in [6.07, 6.45) is 5.29. The molecule has 4 nitrogen and oxygen atoms in total. The molecule has 1 heterocycles. The quantitative estimate of drug-likeness (QED) is 0.703. The second-order valence-electron chi connectivity index (χ2n) is 6.11. The molecule has 0 saturated carbocycles. The molecule has 0 bridgehead atoms. The van der Waals surface area contributed by atoms with Crippen molar-refractivity contribution in [2.45, 2.75) is 52.9 Å². The minimum atomic E-state index is -0.356. The first-order valence-electron chi connectivity index (χ1n) is 8.32. The van der Waals surface area contributed by atoms with Gasteiger partial charge in [-0.1, -0.05) is 20.8 Å². The van der Waals surface area contributed by atoms with Gasteiger partial charge in [-0.2, -0.15) is 0 Å². The summed E-state index contributed by atoms with van der Waals surface area (Å²) in [5.41, 5.74) is 5.45. The van der Waals surface area contributed by atoms with E-state index in [1.165, 1.54) is 25.9 Å². The van der Waals surface area contributed by atoms with E-state index < -0.39 is 0 Å². The van der Waals surface area contributed by atoms with Gasteiger partial charge in [0.15, 0.2) is 0 Å². The highest BCUT2D eigenvalue weighted by Gasteiger charge is 2.33. The van der Waals surface area contributed by atoms with Gasteiger partial charge in [0.25, 0.3) is 0 Å². The summed E-state index contributed by atoms with van der Waals surface area (Å²) < 4.78 is 0. The van der Waals surface area contributed by atoms with Crippen LogP contribution < -0.4 is 11.1 Å². The van der Waals surface area contributed by atoms with Crippen LogP contribution in [0.3, 0.4) is 0 Å². The molecule has 1 saturated heterocycles. The molecule has 0 spiro atoms. The average Bonchev–Trinajstić information content (AvgIpc) is 2.50. The number of amides is 1. The van der Waals surface area contributed by atoms with Gasteiger partial charge in [0.2, 0.25) is 5.91 Å². The van der Waals surface area contributed by atoms with Crippen molar-refractivity contribution < 1.29 is 4.79 Å². The van der Waals surface area contributed by atoms with Gasteiger partial charge in [0.1, 0.15) is 0 Å². The van der Waals surface area contributed by atoms with E-state index in [1.54, 1.807) is 0 Å². The van der Waals surface area contributed by atoms with Crippen molar-refractivity contribution in [2.75, 3.05) is 32.7 Å². The first kappa shape index (κ1) is 24.2. The number of halogens is 2. The number of piperidine rings is 1. The predicted molar refractivity (Wildman–Crippen MR) is 99.0 cm³/mol. The zero-order valence-corrected chi connectivity index (χ0v) is 16.0. The first-order valence-corrected chi connectivity index (χ1v) is 8.32. The third-order valence-corrected chi connectivity index (χ3v) is 5.22. The maximum Gasteiger partial charge on any atom is 0.227 e. The van der Waals surface area contributed by atoms with E-state index >= 15 is 0 Å². The van der Waals surface area contributed by atoms with Crippen molar-refractivity contribution in [1.29, 1.82) is 0 Å². The summed E-state index contributed by atoms with van der Waals surface area (Å²) in [4.78, 5) is 14.8. The highest BCUT2D eigenvalue weighted by molar-refractivity contribution is 5.85. The normalized spacial score (nSPS) is 16.5. The molecule has 1 amide bonds. The number of carbonyl (C=O) groups is 1. The Balaban J connectivity index is 0. The van der Waals surface area contributed by atoms with Crippen molar-refractivity contribution in [3.05, 3.63) is 0 Å². The fourth-order valence-corrected chi connectivity index (χ4v) is 3.12. The van der Waals surface area contributed by atoms with Gasteiger partial charge in [-0.05, 0) is 57.7 Å². The summed E-state index contributed by atoms with van der Waals surface area (Å²) in [5, 5.41) is 3.12. The molecule has 1 aliphatic rings. The topological polar surface area (TPSA) is 58.4 Å². The maximum absolute atomic E-state index is 12.3. The van der Waals surface area contributed by atoms with E-state index in [0.29, 0.717) is 6.54 Å². The van der Waals surface area contributed by atoms with Gasteiger partial charge in [0, 0.05) is 13.1 Å². The van der Waals surface area contributed by atoms with E-state index in [0.717, 1.165) is 38.3 Å². The van der Waals surface area contributed by atoms with Gasteiger partial charge in [0.05, 0.1) is 5.41 Å². The molecule has 0 atom stereocenters.